The second kappa shape index (κ2) is 4.03. The summed E-state index contributed by atoms with van der Waals surface area (Å²) in [5.74, 6) is 0.0815. The molecule has 0 unspecified atom stereocenters. The van der Waals surface area contributed by atoms with Crippen LogP contribution in [0, 0.1) is 0 Å². The van der Waals surface area contributed by atoms with E-state index in [1.807, 2.05) is 0 Å². The van der Waals surface area contributed by atoms with E-state index in [9.17, 15) is 9.90 Å². The van der Waals surface area contributed by atoms with Crippen molar-refractivity contribution in [3.8, 4) is 5.75 Å². The van der Waals surface area contributed by atoms with E-state index in [0.29, 0.717) is 17.6 Å². The number of phenols is 1. The zero-order valence-corrected chi connectivity index (χ0v) is 9.29. The van der Waals surface area contributed by atoms with Crippen molar-refractivity contribution in [1.29, 1.82) is 0 Å². The lowest BCUT2D eigenvalue weighted by atomic mass is 10.0. The van der Waals surface area contributed by atoms with Crippen LogP contribution in [-0.4, -0.2) is 10.3 Å². The molecule has 0 aliphatic heterocycles. The number of fused-ring (bicyclic) bond motifs is 1. The van der Waals surface area contributed by atoms with E-state index in [1.165, 1.54) is 12.3 Å². The molecular weight excluding hydrogens is 234 g/mol. The zero-order chi connectivity index (χ0) is 12.5. The van der Waals surface area contributed by atoms with Crippen molar-refractivity contribution in [3.05, 3.63) is 58.3 Å². The van der Waals surface area contributed by atoms with Crippen LogP contribution in [0.2, 0.25) is 0 Å². The molecule has 0 fully saturated rings. The van der Waals surface area contributed by atoms with Crippen LogP contribution in [0.25, 0.3) is 11.0 Å². The van der Waals surface area contributed by atoms with Crippen molar-refractivity contribution in [1.82, 2.24) is 5.16 Å². The number of benzene rings is 1. The SMILES string of the molecule is O=c1ccc2ccc(O)c(Cc3cnoc3)c2o1. The van der Waals surface area contributed by atoms with Crippen LogP contribution in [0.1, 0.15) is 11.1 Å². The number of aromatic hydroxyl groups is 1. The lowest BCUT2D eigenvalue weighted by Crippen LogP contribution is -1.97. The third-order valence-corrected chi connectivity index (χ3v) is 2.73. The molecule has 2 heterocycles. The van der Waals surface area contributed by atoms with E-state index < -0.39 is 5.63 Å². The van der Waals surface area contributed by atoms with Crippen LogP contribution >= 0.6 is 0 Å². The highest BCUT2D eigenvalue weighted by atomic mass is 16.5. The molecule has 0 aliphatic carbocycles. The van der Waals surface area contributed by atoms with Gasteiger partial charge >= 0.3 is 5.63 Å². The Morgan fingerprint density at radius 3 is 2.83 bits per heavy atom. The van der Waals surface area contributed by atoms with Crippen LogP contribution in [0.4, 0.5) is 0 Å². The van der Waals surface area contributed by atoms with E-state index >= 15 is 0 Å². The fraction of sp³-hybridized carbons (Fsp3) is 0.0769. The summed E-state index contributed by atoms with van der Waals surface area (Å²) in [6, 6.07) is 6.29. The highest BCUT2D eigenvalue weighted by molar-refractivity contribution is 5.82. The topological polar surface area (TPSA) is 76.5 Å². The highest BCUT2D eigenvalue weighted by Gasteiger charge is 2.11. The van der Waals surface area contributed by atoms with Crippen LogP contribution in [0.3, 0.4) is 0 Å². The first-order valence-corrected chi connectivity index (χ1v) is 5.37. The number of phenolic OH excluding ortho intramolecular Hbond substituents is 1. The third kappa shape index (κ3) is 1.75. The molecule has 0 spiro atoms. The van der Waals surface area contributed by atoms with Crippen molar-refractivity contribution in [3.63, 3.8) is 0 Å². The Labute approximate surface area is 101 Å². The molecule has 0 aliphatic rings. The lowest BCUT2D eigenvalue weighted by molar-refractivity contribution is 0.419. The maximum Gasteiger partial charge on any atom is 0.336 e. The number of aromatic nitrogens is 1. The summed E-state index contributed by atoms with van der Waals surface area (Å²) in [5.41, 5.74) is 1.29. The van der Waals surface area contributed by atoms with Crippen molar-refractivity contribution in [2.45, 2.75) is 6.42 Å². The summed E-state index contributed by atoms with van der Waals surface area (Å²) in [4.78, 5) is 11.3. The predicted molar refractivity (Wildman–Crippen MR) is 63.5 cm³/mol. The van der Waals surface area contributed by atoms with Gasteiger partial charge in [0.1, 0.15) is 17.6 Å². The van der Waals surface area contributed by atoms with Crippen molar-refractivity contribution in [2.75, 3.05) is 0 Å². The zero-order valence-electron chi connectivity index (χ0n) is 9.29. The molecule has 2 aromatic heterocycles. The number of nitrogens with zero attached hydrogens (tertiary/aromatic N) is 1. The van der Waals surface area contributed by atoms with Gasteiger partial charge in [0.15, 0.2) is 0 Å². The summed E-state index contributed by atoms with van der Waals surface area (Å²) >= 11 is 0. The van der Waals surface area contributed by atoms with Gasteiger partial charge in [-0.2, -0.15) is 0 Å². The molecule has 90 valence electrons. The molecule has 1 N–H and O–H groups in total. The molecule has 0 saturated heterocycles. The van der Waals surface area contributed by atoms with Crippen LogP contribution in [0.15, 0.2) is 50.5 Å². The second-order valence-corrected chi connectivity index (χ2v) is 3.95. The molecular formula is C13H9NO4. The van der Waals surface area contributed by atoms with E-state index in [1.54, 1.807) is 24.4 Å². The molecule has 0 bridgehead atoms. The van der Waals surface area contributed by atoms with Gasteiger partial charge in [-0.15, -0.1) is 0 Å². The van der Waals surface area contributed by atoms with E-state index in [4.69, 9.17) is 8.94 Å². The van der Waals surface area contributed by atoms with Gasteiger partial charge in [0, 0.05) is 29.0 Å². The van der Waals surface area contributed by atoms with Gasteiger partial charge < -0.3 is 14.0 Å². The Morgan fingerprint density at radius 1 is 1.22 bits per heavy atom. The van der Waals surface area contributed by atoms with E-state index in [2.05, 4.69) is 5.16 Å². The maximum absolute atomic E-state index is 11.3. The Balaban J connectivity index is 2.22. The number of rotatable bonds is 2. The lowest BCUT2D eigenvalue weighted by Gasteiger charge is -2.05. The summed E-state index contributed by atoms with van der Waals surface area (Å²) in [6.45, 7) is 0. The largest absolute Gasteiger partial charge is 0.508 e. The summed E-state index contributed by atoms with van der Waals surface area (Å²) < 4.78 is 9.89. The van der Waals surface area contributed by atoms with E-state index in [0.717, 1.165) is 10.9 Å². The van der Waals surface area contributed by atoms with Crippen molar-refractivity contribution >= 4 is 11.0 Å². The minimum absolute atomic E-state index is 0.0815. The minimum atomic E-state index is -0.445. The number of hydrogen-bond acceptors (Lipinski definition) is 5. The minimum Gasteiger partial charge on any atom is -0.508 e. The van der Waals surface area contributed by atoms with Gasteiger partial charge in [-0.3, -0.25) is 0 Å². The van der Waals surface area contributed by atoms with Crippen LogP contribution < -0.4 is 5.63 Å². The summed E-state index contributed by atoms with van der Waals surface area (Å²) in [5, 5.41) is 14.2. The smallest absolute Gasteiger partial charge is 0.336 e. The first-order chi connectivity index (χ1) is 8.74. The number of hydrogen-bond donors (Lipinski definition) is 1. The molecule has 1 aromatic carbocycles. The molecule has 0 amide bonds. The molecule has 3 rings (SSSR count). The summed E-state index contributed by atoms with van der Waals surface area (Å²) in [6.07, 6.45) is 3.43. The third-order valence-electron chi connectivity index (χ3n) is 2.73. The molecule has 0 radical (unpaired) electrons. The average molecular weight is 243 g/mol. The molecule has 5 heteroatoms. The van der Waals surface area contributed by atoms with Crippen LogP contribution in [-0.2, 0) is 6.42 Å². The Kier molecular flexibility index (Phi) is 2.37. The summed E-state index contributed by atoms with van der Waals surface area (Å²) in [7, 11) is 0. The Bertz CT molecular complexity index is 743. The van der Waals surface area contributed by atoms with Gasteiger partial charge in [0.2, 0.25) is 0 Å². The van der Waals surface area contributed by atoms with Gasteiger partial charge in [-0.1, -0.05) is 5.16 Å². The molecule has 18 heavy (non-hydrogen) atoms. The van der Waals surface area contributed by atoms with Crippen LogP contribution in [0.5, 0.6) is 5.75 Å². The monoisotopic (exact) mass is 243 g/mol. The normalized spacial score (nSPS) is 10.9. The first kappa shape index (κ1) is 10.6. The maximum atomic E-state index is 11.3. The molecule has 0 atom stereocenters. The van der Waals surface area contributed by atoms with Crippen molar-refractivity contribution in [2.24, 2.45) is 0 Å². The van der Waals surface area contributed by atoms with Gasteiger partial charge in [-0.05, 0) is 18.2 Å². The first-order valence-electron chi connectivity index (χ1n) is 5.37. The fourth-order valence-corrected chi connectivity index (χ4v) is 1.87. The van der Waals surface area contributed by atoms with E-state index in [-0.39, 0.29) is 5.75 Å². The van der Waals surface area contributed by atoms with Crippen molar-refractivity contribution < 1.29 is 14.0 Å². The highest BCUT2D eigenvalue weighted by Crippen LogP contribution is 2.28. The quantitative estimate of drug-likeness (QED) is 0.697. The predicted octanol–water partition coefficient (Wildman–Crippen LogP) is 2.08. The molecule has 0 saturated carbocycles. The standard InChI is InChI=1S/C13H9NO4/c15-11-3-1-9-2-4-12(16)18-13(9)10(11)5-8-6-14-17-7-8/h1-4,6-7,15H,5H2. The molecule has 3 aromatic rings. The fourth-order valence-electron chi connectivity index (χ4n) is 1.87. The second-order valence-electron chi connectivity index (χ2n) is 3.95. The van der Waals surface area contributed by atoms with Gasteiger partial charge in [0.05, 0.1) is 6.20 Å². The Hall–Kier alpha value is -2.56. The van der Waals surface area contributed by atoms with Gasteiger partial charge in [-0.25, -0.2) is 4.79 Å². The Morgan fingerprint density at radius 2 is 2.06 bits per heavy atom. The average Bonchev–Trinajstić information content (AvgIpc) is 2.86. The molecule has 5 nitrogen and oxygen atoms in total. The van der Waals surface area contributed by atoms with Gasteiger partial charge in [0.25, 0.3) is 0 Å².